The Morgan fingerprint density at radius 3 is 3.00 bits per heavy atom. The number of hydrogen-bond acceptors (Lipinski definition) is 4. The summed E-state index contributed by atoms with van der Waals surface area (Å²) >= 11 is 1.95. The van der Waals surface area contributed by atoms with Gasteiger partial charge in [-0.25, -0.2) is 0 Å². The maximum atomic E-state index is 5.84. The molecule has 0 spiro atoms. The number of rotatable bonds is 3. The number of thioether (sulfide) groups is 1. The average Bonchev–Trinajstić information content (AvgIpc) is 2.76. The number of nitrogens with one attached hydrogen (secondary N) is 1. The molecule has 3 rings (SSSR count). The molecule has 3 nitrogen and oxygen atoms in total. The lowest BCUT2D eigenvalue weighted by atomic mass is 10.0. The largest absolute Gasteiger partial charge is 0.348 e. The maximum absolute atomic E-state index is 5.84. The molecular formula is C15H21NO2S. The van der Waals surface area contributed by atoms with Gasteiger partial charge in [-0.3, -0.25) is 0 Å². The fourth-order valence-corrected chi connectivity index (χ4v) is 3.82. The van der Waals surface area contributed by atoms with Crippen LogP contribution in [-0.2, 0) is 9.47 Å². The van der Waals surface area contributed by atoms with Crippen LogP contribution >= 0.6 is 11.8 Å². The quantitative estimate of drug-likeness (QED) is 0.921. The average molecular weight is 279 g/mol. The van der Waals surface area contributed by atoms with E-state index in [0.717, 1.165) is 6.54 Å². The molecule has 1 N–H and O–H groups in total. The highest BCUT2D eigenvalue weighted by atomic mass is 32.2. The van der Waals surface area contributed by atoms with Crippen LogP contribution in [-0.4, -0.2) is 30.8 Å². The highest BCUT2D eigenvalue weighted by Gasteiger charge is 2.33. The van der Waals surface area contributed by atoms with E-state index < -0.39 is 5.79 Å². The monoisotopic (exact) mass is 279 g/mol. The van der Waals surface area contributed by atoms with Crippen molar-refractivity contribution in [3.05, 3.63) is 29.8 Å². The third kappa shape index (κ3) is 3.14. The van der Waals surface area contributed by atoms with E-state index in [1.54, 1.807) is 0 Å². The molecule has 19 heavy (non-hydrogen) atoms. The summed E-state index contributed by atoms with van der Waals surface area (Å²) in [6.07, 6.45) is 1.34. The molecule has 0 bridgehead atoms. The molecule has 2 aliphatic heterocycles. The van der Waals surface area contributed by atoms with Gasteiger partial charge in [0, 0.05) is 17.5 Å². The third-order valence-corrected chi connectivity index (χ3v) is 4.74. The van der Waals surface area contributed by atoms with Crippen LogP contribution < -0.4 is 5.32 Å². The lowest BCUT2D eigenvalue weighted by Crippen LogP contribution is -2.34. The molecule has 1 aromatic carbocycles. The van der Waals surface area contributed by atoms with Gasteiger partial charge in [0.1, 0.15) is 0 Å². The molecule has 1 fully saturated rings. The van der Waals surface area contributed by atoms with E-state index in [-0.39, 0.29) is 6.10 Å². The topological polar surface area (TPSA) is 30.5 Å². The first-order valence-electron chi connectivity index (χ1n) is 6.91. The lowest BCUT2D eigenvalue weighted by molar-refractivity contribution is -0.137. The number of benzene rings is 1. The Labute approximate surface area is 119 Å². The molecule has 0 aromatic heterocycles. The van der Waals surface area contributed by atoms with Gasteiger partial charge in [0.05, 0.1) is 12.7 Å². The van der Waals surface area contributed by atoms with Crippen molar-refractivity contribution in [1.82, 2.24) is 5.32 Å². The lowest BCUT2D eigenvalue weighted by Gasteiger charge is -2.27. The second-order valence-electron chi connectivity index (χ2n) is 5.59. The van der Waals surface area contributed by atoms with Crippen molar-refractivity contribution in [3.8, 4) is 0 Å². The van der Waals surface area contributed by atoms with E-state index in [0.29, 0.717) is 12.6 Å². The summed E-state index contributed by atoms with van der Waals surface area (Å²) in [7, 11) is 0. The van der Waals surface area contributed by atoms with Gasteiger partial charge in [-0.05, 0) is 37.7 Å². The summed E-state index contributed by atoms with van der Waals surface area (Å²) in [5.41, 5.74) is 1.43. The minimum absolute atomic E-state index is 0.164. The van der Waals surface area contributed by atoms with Crippen molar-refractivity contribution in [2.45, 2.75) is 43.1 Å². The molecule has 0 amide bonds. The van der Waals surface area contributed by atoms with E-state index in [2.05, 4.69) is 29.6 Å². The molecule has 2 aliphatic rings. The van der Waals surface area contributed by atoms with E-state index in [1.165, 1.54) is 22.6 Å². The predicted octanol–water partition coefficient (Wildman–Crippen LogP) is 2.96. The van der Waals surface area contributed by atoms with Crippen LogP contribution in [0.3, 0.4) is 0 Å². The van der Waals surface area contributed by atoms with Crippen molar-refractivity contribution in [2.24, 2.45) is 0 Å². The van der Waals surface area contributed by atoms with Crippen LogP contribution in [0.25, 0.3) is 0 Å². The van der Waals surface area contributed by atoms with Crippen molar-refractivity contribution in [2.75, 3.05) is 18.9 Å². The summed E-state index contributed by atoms with van der Waals surface area (Å²) in [6, 6.07) is 9.13. The van der Waals surface area contributed by atoms with Crippen molar-refractivity contribution in [1.29, 1.82) is 0 Å². The zero-order valence-electron chi connectivity index (χ0n) is 11.5. The molecule has 4 heteroatoms. The van der Waals surface area contributed by atoms with Gasteiger partial charge in [-0.15, -0.1) is 11.8 Å². The molecule has 1 aromatic rings. The van der Waals surface area contributed by atoms with Gasteiger partial charge in [-0.1, -0.05) is 18.2 Å². The van der Waals surface area contributed by atoms with E-state index in [9.17, 15) is 0 Å². The van der Waals surface area contributed by atoms with E-state index in [4.69, 9.17) is 9.47 Å². The van der Waals surface area contributed by atoms with Crippen LogP contribution in [0.1, 0.15) is 31.9 Å². The van der Waals surface area contributed by atoms with Crippen molar-refractivity contribution in [3.63, 3.8) is 0 Å². The normalized spacial score (nSPS) is 29.2. The maximum Gasteiger partial charge on any atom is 0.163 e. The summed E-state index contributed by atoms with van der Waals surface area (Å²) < 4.78 is 11.4. The molecule has 0 aliphatic carbocycles. The second kappa shape index (κ2) is 5.44. The number of hydrogen-bond donors (Lipinski definition) is 1. The van der Waals surface area contributed by atoms with Crippen LogP contribution in [0, 0.1) is 0 Å². The Morgan fingerprint density at radius 1 is 1.37 bits per heavy atom. The van der Waals surface area contributed by atoms with Gasteiger partial charge in [0.25, 0.3) is 0 Å². The highest BCUT2D eigenvalue weighted by molar-refractivity contribution is 7.99. The summed E-state index contributed by atoms with van der Waals surface area (Å²) in [5, 5.41) is 3.64. The molecule has 2 unspecified atom stereocenters. The van der Waals surface area contributed by atoms with Crippen molar-refractivity contribution >= 4 is 11.8 Å². The van der Waals surface area contributed by atoms with E-state index >= 15 is 0 Å². The predicted molar refractivity (Wildman–Crippen MR) is 77.4 cm³/mol. The number of fused-ring (bicyclic) bond motifs is 1. The third-order valence-electron chi connectivity index (χ3n) is 3.62. The Balaban J connectivity index is 1.60. The van der Waals surface area contributed by atoms with Crippen LogP contribution in [0.5, 0.6) is 0 Å². The molecular weight excluding hydrogens is 258 g/mol. The van der Waals surface area contributed by atoms with Gasteiger partial charge in [-0.2, -0.15) is 0 Å². The molecule has 104 valence electrons. The first kappa shape index (κ1) is 13.4. The van der Waals surface area contributed by atoms with Gasteiger partial charge in [0.2, 0.25) is 0 Å². The fourth-order valence-electron chi connectivity index (χ4n) is 2.69. The Morgan fingerprint density at radius 2 is 2.21 bits per heavy atom. The molecule has 0 saturated carbocycles. The van der Waals surface area contributed by atoms with Gasteiger partial charge >= 0.3 is 0 Å². The zero-order chi connectivity index (χ0) is 13.3. The smallest absolute Gasteiger partial charge is 0.163 e. The molecule has 2 atom stereocenters. The van der Waals surface area contributed by atoms with Gasteiger partial charge in [0.15, 0.2) is 5.79 Å². The van der Waals surface area contributed by atoms with Crippen molar-refractivity contribution < 1.29 is 9.47 Å². The SMILES string of the molecule is CC1(C)OCC(CNC2CCSc3ccccc32)O1. The van der Waals surface area contributed by atoms with Crippen LogP contribution in [0.4, 0.5) is 0 Å². The molecule has 0 radical (unpaired) electrons. The second-order valence-corrected chi connectivity index (χ2v) is 6.72. The minimum Gasteiger partial charge on any atom is -0.348 e. The standard InChI is InChI=1S/C15H21NO2S/c1-15(2)17-10-11(18-15)9-16-13-7-8-19-14-6-4-3-5-12(13)14/h3-6,11,13,16H,7-10H2,1-2H3. The first-order chi connectivity index (χ1) is 9.14. The minimum atomic E-state index is -0.424. The Bertz CT molecular complexity index is 450. The fraction of sp³-hybridized carbons (Fsp3) is 0.600. The Hall–Kier alpha value is -0.550. The first-order valence-corrected chi connectivity index (χ1v) is 7.89. The highest BCUT2D eigenvalue weighted by Crippen LogP contribution is 2.35. The van der Waals surface area contributed by atoms with Crippen LogP contribution in [0.15, 0.2) is 29.2 Å². The molecule has 1 saturated heterocycles. The number of ether oxygens (including phenoxy) is 2. The summed E-state index contributed by atoms with van der Waals surface area (Å²) in [6.45, 7) is 5.48. The van der Waals surface area contributed by atoms with E-state index in [1.807, 2.05) is 25.6 Å². The van der Waals surface area contributed by atoms with Gasteiger partial charge < -0.3 is 14.8 Å². The van der Waals surface area contributed by atoms with Crippen LogP contribution in [0.2, 0.25) is 0 Å². The summed E-state index contributed by atoms with van der Waals surface area (Å²) in [4.78, 5) is 1.41. The molecule has 2 heterocycles. The Kier molecular flexibility index (Phi) is 3.85. The summed E-state index contributed by atoms with van der Waals surface area (Å²) in [5.74, 6) is 0.759. The zero-order valence-corrected chi connectivity index (χ0v) is 12.3.